The van der Waals surface area contributed by atoms with Gasteiger partial charge in [0.05, 0.1) is 6.04 Å². The SMILES string of the molecule is CCC[C@H](N)C(=O)N1CCN(C(=O)N(C)C)CC1. The van der Waals surface area contributed by atoms with Gasteiger partial charge in [0.1, 0.15) is 0 Å². The fraction of sp³-hybridized carbons (Fsp3) is 0.833. The number of hydrogen-bond donors (Lipinski definition) is 1. The smallest absolute Gasteiger partial charge is 0.319 e. The molecular weight excluding hydrogens is 232 g/mol. The van der Waals surface area contributed by atoms with Crippen molar-refractivity contribution >= 4 is 11.9 Å². The van der Waals surface area contributed by atoms with Crippen LogP contribution in [0, 0.1) is 0 Å². The van der Waals surface area contributed by atoms with Crippen molar-refractivity contribution in [1.29, 1.82) is 0 Å². The third-order valence-electron chi connectivity index (χ3n) is 3.16. The highest BCUT2D eigenvalue weighted by atomic mass is 16.2. The maximum atomic E-state index is 12.0. The van der Waals surface area contributed by atoms with E-state index in [-0.39, 0.29) is 11.9 Å². The van der Waals surface area contributed by atoms with Crippen LogP contribution in [-0.2, 0) is 4.79 Å². The molecule has 1 heterocycles. The summed E-state index contributed by atoms with van der Waals surface area (Å²) in [5.41, 5.74) is 5.82. The number of nitrogens with two attached hydrogens (primary N) is 1. The summed E-state index contributed by atoms with van der Waals surface area (Å²) in [5.74, 6) is 0.00815. The first kappa shape index (κ1) is 14.8. The second-order valence-electron chi connectivity index (χ2n) is 4.88. The van der Waals surface area contributed by atoms with Crippen LogP contribution >= 0.6 is 0 Å². The van der Waals surface area contributed by atoms with Crippen LogP contribution in [0.15, 0.2) is 0 Å². The quantitative estimate of drug-likeness (QED) is 0.769. The summed E-state index contributed by atoms with van der Waals surface area (Å²) in [4.78, 5) is 28.8. The van der Waals surface area contributed by atoms with Crippen LogP contribution in [0.1, 0.15) is 19.8 Å². The third kappa shape index (κ3) is 3.60. The molecule has 6 nitrogen and oxygen atoms in total. The molecule has 0 bridgehead atoms. The zero-order chi connectivity index (χ0) is 13.7. The van der Waals surface area contributed by atoms with E-state index in [4.69, 9.17) is 5.73 Å². The highest BCUT2D eigenvalue weighted by Gasteiger charge is 2.27. The number of amides is 3. The minimum Gasteiger partial charge on any atom is -0.338 e. The number of piperazine rings is 1. The largest absolute Gasteiger partial charge is 0.338 e. The summed E-state index contributed by atoms with van der Waals surface area (Å²) in [6, 6.07) is -0.397. The van der Waals surface area contributed by atoms with Gasteiger partial charge >= 0.3 is 6.03 Å². The van der Waals surface area contributed by atoms with Crippen molar-refractivity contribution < 1.29 is 9.59 Å². The summed E-state index contributed by atoms with van der Waals surface area (Å²) in [7, 11) is 3.47. The van der Waals surface area contributed by atoms with Crippen molar-refractivity contribution in [3.63, 3.8) is 0 Å². The van der Waals surface area contributed by atoms with Gasteiger partial charge in [-0.25, -0.2) is 4.79 Å². The molecule has 1 saturated heterocycles. The Morgan fingerprint density at radius 3 is 2.11 bits per heavy atom. The fourth-order valence-electron chi connectivity index (χ4n) is 2.07. The molecule has 2 N–H and O–H groups in total. The third-order valence-corrected chi connectivity index (χ3v) is 3.16. The van der Waals surface area contributed by atoms with Crippen molar-refractivity contribution in [2.75, 3.05) is 40.3 Å². The monoisotopic (exact) mass is 256 g/mol. The topological polar surface area (TPSA) is 69.9 Å². The van der Waals surface area contributed by atoms with Gasteiger partial charge in [0, 0.05) is 40.3 Å². The molecule has 1 fully saturated rings. The van der Waals surface area contributed by atoms with E-state index in [1.807, 2.05) is 6.92 Å². The number of carbonyl (C=O) groups is 2. The number of carbonyl (C=O) groups excluding carboxylic acids is 2. The Morgan fingerprint density at radius 1 is 1.17 bits per heavy atom. The molecule has 1 aliphatic heterocycles. The number of nitrogens with zero attached hydrogens (tertiary/aromatic N) is 3. The molecule has 1 rings (SSSR count). The Labute approximate surface area is 109 Å². The molecule has 104 valence electrons. The highest BCUT2D eigenvalue weighted by Crippen LogP contribution is 2.07. The van der Waals surface area contributed by atoms with Gasteiger partial charge in [0.25, 0.3) is 0 Å². The van der Waals surface area contributed by atoms with Crippen LogP contribution in [0.2, 0.25) is 0 Å². The molecule has 0 radical (unpaired) electrons. The Bertz CT molecular complexity index is 298. The number of urea groups is 1. The van der Waals surface area contributed by atoms with Gasteiger partial charge < -0.3 is 20.4 Å². The number of hydrogen-bond acceptors (Lipinski definition) is 3. The Balaban J connectivity index is 2.44. The van der Waals surface area contributed by atoms with Crippen molar-refractivity contribution in [3.8, 4) is 0 Å². The van der Waals surface area contributed by atoms with E-state index >= 15 is 0 Å². The van der Waals surface area contributed by atoms with E-state index in [0.29, 0.717) is 26.2 Å². The second kappa shape index (κ2) is 6.58. The van der Waals surface area contributed by atoms with Crippen LogP contribution in [0.4, 0.5) is 4.79 Å². The van der Waals surface area contributed by atoms with Crippen LogP contribution < -0.4 is 5.73 Å². The summed E-state index contributed by atoms with van der Waals surface area (Å²) in [5, 5.41) is 0. The second-order valence-corrected chi connectivity index (χ2v) is 4.88. The molecule has 0 aromatic heterocycles. The molecule has 0 unspecified atom stereocenters. The average Bonchev–Trinajstić information content (AvgIpc) is 2.37. The molecule has 0 aromatic rings. The lowest BCUT2D eigenvalue weighted by atomic mass is 10.1. The van der Waals surface area contributed by atoms with Crippen LogP contribution in [0.3, 0.4) is 0 Å². The van der Waals surface area contributed by atoms with Gasteiger partial charge in [-0.1, -0.05) is 13.3 Å². The fourth-order valence-corrected chi connectivity index (χ4v) is 2.07. The molecule has 0 aliphatic carbocycles. The van der Waals surface area contributed by atoms with Gasteiger partial charge in [-0.05, 0) is 6.42 Å². The lowest BCUT2D eigenvalue weighted by Gasteiger charge is -2.36. The van der Waals surface area contributed by atoms with Crippen LogP contribution in [0.25, 0.3) is 0 Å². The normalized spacial score (nSPS) is 17.6. The van der Waals surface area contributed by atoms with E-state index in [1.54, 1.807) is 28.8 Å². The lowest BCUT2D eigenvalue weighted by molar-refractivity contribution is -0.134. The predicted octanol–water partition coefficient (Wildman–Crippen LogP) is -0.0604. The van der Waals surface area contributed by atoms with Crippen LogP contribution in [-0.4, -0.2) is 73.0 Å². The van der Waals surface area contributed by atoms with Crippen molar-refractivity contribution in [3.05, 3.63) is 0 Å². The van der Waals surface area contributed by atoms with E-state index < -0.39 is 6.04 Å². The Kier molecular flexibility index (Phi) is 5.40. The minimum atomic E-state index is -0.397. The summed E-state index contributed by atoms with van der Waals surface area (Å²) < 4.78 is 0. The van der Waals surface area contributed by atoms with E-state index in [1.165, 1.54) is 0 Å². The number of rotatable bonds is 3. The molecular formula is C12H24N4O2. The van der Waals surface area contributed by atoms with Crippen molar-refractivity contribution in [2.24, 2.45) is 5.73 Å². The zero-order valence-electron chi connectivity index (χ0n) is 11.6. The zero-order valence-corrected chi connectivity index (χ0v) is 11.6. The van der Waals surface area contributed by atoms with Gasteiger partial charge in [-0.3, -0.25) is 4.79 Å². The summed E-state index contributed by atoms with van der Waals surface area (Å²) >= 11 is 0. The molecule has 18 heavy (non-hydrogen) atoms. The summed E-state index contributed by atoms with van der Waals surface area (Å²) in [6.45, 7) is 4.34. The summed E-state index contributed by atoms with van der Waals surface area (Å²) in [6.07, 6.45) is 1.63. The Morgan fingerprint density at radius 2 is 1.67 bits per heavy atom. The maximum absolute atomic E-state index is 12.0. The molecule has 0 spiro atoms. The highest BCUT2D eigenvalue weighted by molar-refractivity contribution is 5.82. The van der Waals surface area contributed by atoms with Gasteiger partial charge in [-0.2, -0.15) is 0 Å². The standard InChI is InChI=1S/C12H24N4O2/c1-4-5-10(13)11(17)15-6-8-16(9-7-15)12(18)14(2)3/h10H,4-9,13H2,1-3H3/t10-/m0/s1. The first-order valence-electron chi connectivity index (χ1n) is 6.48. The van der Waals surface area contributed by atoms with Crippen LogP contribution in [0.5, 0.6) is 0 Å². The molecule has 3 amide bonds. The van der Waals surface area contributed by atoms with E-state index in [2.05, 4.69) is 0 Å². The van der Waals surface area contributed by atoms with E-state index in [9.17, 15) is 9.59 Å². The first-order valence-corrected chi connectivity index (χ1v) is 6.48. The maximum Gasteiger partial charge on any atom is 0.319 e. The van der Waals surface area contributed by atoms with Gasteiger partial charge in [0.15, 0.2) is 0 Å². The van der Waals surface area contributed by atoms with Gasteiger partial charge in [-0.15, -0.1) is 0 Å². The molecule has 1 atom stereocenters. The van der Waals surface area contributed by atoms with Gasteiger partial charge in [0.2, 0.25) is 5.91 Å². The lowest BCUT2D eigenvalue weighted by Crippen LogP contribution is -2.55. The average molecular weight is 256 g/mol. The Hall–Kier alpha value is -1.30. The molecule has 0 saturated carbocycles. The minimum absolute atomic E-state index is 0.0000411. The van der Waals surface area contributed by atoms with Crippen molar-refractivity contribution in [1.82, 2.24) is 14.7 Å². The predicted molar refractivity (Wildman–Crippen MR) is 70.1 cm³/mol. The molecule has 6 heteroatoms. The first-order chi connectivity index (χ1) is 8.47. The van der Waals surface area contributed by atoms with Crippen molar-refractivity contribution in [2.45, 2.75) is 25.8 Å². The molecule has 0 aromatic carbocycles. The molecule has 1 aliphatic rings. The van der Waals surface area contributed by atoms with E-state index in [0.717, 1.165) is 12.8 Å².